The maximum absolute atomic E-state index is 11.9. The second-order valence-corrected chi connectivity index (χ2v) is 4.16. The first kappa shape index (κ1) is 14.3. The smallest absolute Gasteiger partial charge is 0.337 e. The third-order valence-corrected chi connectivity index (χ3v) is 2.66. The molecular weight excluding hydrogens is 280 g/mol. The fraction of sp³-hybridized carbons (Fsp3) is 0.0769. The van der Waals surface area contributed by atoms with Crippen LogP contribution in [0.2, 0.25) is 0 Å². The zero-order valence-electron chi connectivity index (χ0n) is 10.8. The third kappa shape index (κ3) is 3.06. The van der Waals surface area contributed by atoms with Crippen molar-refractivity contribution in [3.63, 3.8) is 0 Å². The van der Waals surface area contributed by atoms with Crippen molar-refractivity contribution in [2.24, 2.45) is 0 Å². The van der Waals surface area contributed by atoms with Gasteiger partial charge in [0.15, 0.2) is 5.76 Å². The lowest BCUT2D eigenvalue weighted by Gasteiger charge is -2.07. The molecule has 2 rings (SSSR count). The van der Waals surface area contributed by atoms with E-state index in [-0.39, 0.29) is 22.7 Å². The van der Waals surface area contributed by atoms with Gasteiger partial charge in [-0.25, -0.2) is 4.79 Å². The van der Waals surface area contributed by atoms with Crippen molar-refractivity contribution < 1.29 is 24.0 Å². The molecule has 0 fully saturated rings. The lowest BCUT2D eigenvalue weighted by molar-refractivity contribution is -0.384. The lowest BCUT2D eigenvalue weighted by atomic mass is 10.1. The maximum Gasteiger partial charge on any atom is 0.337 e. The van der Waals surface area contributed by atoms with Gasteiger partial charge in [-0.3, -0.25) is 14.9 Å². The van der Waals surface area contributed by atoms with Gasteiger partial charge in [-0.2, -0.15) is 0 Å². The van der Waals surface area contributed by atoms with Crippen molar-refractivity contribution in [2.75, 3.05) is 5.32 Å². The topological polar surface area (TPSA) is 123 Å². The molecule has 8 nitrogen and oxygen atoms in total. The Balaban J connectivity index is 2.37. The highest BCUT2D eigenvalue weighted by Crippen LogP contribution is 2.23. The standard InChI is InChI=1S/C13H10N2O6/c1-7-2-5-11(21-7)12(16)14-10-6-8(15(19)20)3-4-9(10)13(17)18/h2-6H,1H3,(H,14,16)(H,17,18). The number of aromatic carboxylic acids is 1. The molecule has 0 aliphatic heterocycles. The Morgan fingerprint density at radius 2 is 2.00 bits per heavy atom. The van der Waals surface area contributed by atoms with Crippen LogP contribution in [0.4, 0.5) is 11.4 Å². The first-order chi connectivity index (χ1) is 9.88. The molecule has 0 radical (unpaired) electrons. The van der Waals surface area contributed by atoms with Gasteiger partial charge in [-0.05, 0) is 25.1 Å². The van der Waals surface area contributed by atoms with E-state index in [1.54, 1.807) is 13.0 Å². The number of non-ortho nitro benzene ring substituents is 1. The first-order valence-corrected chi connectivity index (χ1v) is 5.78. The molecule has 21 heavy (non-hydrogen) atoms. The fourth-order valence-electron chi connectivity index (χ4n) is 1.68. The highest BCUT2D eigenvalue weighted by molar-refractivity contribution is 6.06. The molecule has 0 bridgehead atoms. The molecule has 0 saturated carbocycles. The average Bonchev–Trinajstić information content (AvgIpc) is 2.85. The van der Waals surface area contributed by atoms with E-state index in [1.165, 1.54) is 6.07 Å². The molecule has 0 spiro atoms. The maximum atomic E-state index is 11.9. The monoisotopic (exact) mass is 290 g/mol. The van der Waals surface area contributed by atoms with Gasteiger partial charge in [0, 0.05) is 12.1 Å². The number of amides is 1. The van der Waals surface area contributed by atoms with Crippen LogP contribution in [-0.4, -0.2) is 21.9 Å². The number of hydrogen-bond donors (Lipinski definition) is 2. The summed E-state index contributed by atoms with van der Waals surface area (Å²) in [4.78, 5) is 33.0. The summed E-state index contributed by atoms with van der Waals surface area (Å²) in [5, 5.41) is 22.1. The normalized spacial score (nSPS) is 10.1. The molecule has 1 amide bonds. The number of carbonyl (C=O) groups is 2. The number of aryl methyl sites for hydroxylation is 1. The molecule has 0 unspecified atom stereocenters. The minimum Gasteiger partial charge on any atom is -0.478 e. The van der Waals surface area contributed by atoms with Crippen molar-refractivity contribution >= 4 is 23.3 Å². The summed E-state index contributed by atoms with van der Waals surface area (Å²) in [5.74, 6) is -1.50. The quantitative estimate of drug-likeness (QED) is 0.658. The van der Waals surface area contributed by atoms with Crippen molar-refractivity contribution in [1.82, 2.24) is 0 Å². The number of carboxylic acid groups (broad SMARTS) is 1. The lowest BCUT2D eigenvalue weighted by Crippen LogP contribution is -2.14. The van der Waals surface area contributed by atoms with Crippen LogP contribution in [0.1, 0.15) is 26.7 Å². The SMILES string of the molecule is Cc1ccc(C(=O)Nc2cc([N+](=O)[O-])ccc2C(=O)O)o1. The zero-order chi connectivity index (χ0) is 15.6. The predicted molar refractivity (Wildman–Crippen MR) is 71.5 cm³/mol. The highest BCUT2D eigenvalue weighted by Gasteiger charge is 2.19. The van der Waals surface area contributed by atoms with Crippen LogP contribution < -0.4 is 5.32 Å². The average molecular weight is 290 g/mol. The number of furan rings is 1. The second-order valence-electron chi connectivity index (χ2n) is 4.16. The number of nitro groups is 1. The fourth-order valence-corrected chi connectivity index (χ4v) is 1.68. The molecule has 0 aliphatic rings. The van der Waals surface area contributed by atoms with Crippen molar-refractivity contribution in [2.45, 2.75) is 6.92 Å². The Bertz CT molecular complexity index is 734. The van der Waals surface area contributed by atoms with Crippen LogP contribution in [0.25, 0.3) is 0 Å². The number of nitro benzene ring substituents is 1. The van der Waals surface area contributed by atoms with Crippen molar-refractivity contribution in [3.8, 4) is 0 Å². The summed E-state index contributed by atoms with van der Waals surface area (Å²) < 4.78 is 5.10. The second kappa shape index (κ2) is 5.45. The van der Waals surface area contributed by atoms with Crippen LogP contribution in [0.5, 0.6) is 0 Å². The minimum atomic E-state index is -1.31. The molecule has 0 saturated heterocycles. The van der Waals surface area contributed by atoms with Crippen LogP contribution in [0.15, 0.2) is 34.7 Å². The summed E-state index contributed by atoms with van der Waals surface area (Å²) in [6.07, 6.45) is 0. The van der Waals surface area contributed by atoms with Crippen LogP contribution >= 0.6 is 0 Å². The van der Waals surface area contributed by atoms with Crippen LogP contribution in [-0.2, 0) is 0 Å². The number of hydrogen-bond acceptors (Lipinski definition) is 5. The Hall–Kier alpha value is -3.16. The van der Waals surface area contributed by atoms with Gasteiger partial charge in [0.1, 0.15) is 5.76 Å². The van der Waals surface area contributed by atoms with Gasteiger partial charge in [-0.15, -0.1) is 0 Å². The van der Waals surface area contributed by atoms with Crippen molar-refractivity contribution in [3.05, 3.63) is 57.5 Å². The Morgan fingerprint density at radius 3 is 2.52 bits per heavy atom. The Labute approximate surface area is 118 Å². The van der Waals surface area contributed by atoms with E-state index in [0.29, 0.717) is 5.76 Å². The Kier molecular flexibility index (Phi) is 3.70. The van der Waals surface area contributed by atoms with E-state index in [9.17, 15) is 19.7 Å². The predicted octanol–water partition coefficient (Wildman–Crippen LogP) is 2.45. The molecule has 0 atom stereocenters. The third-order valence-electron chi connectivity index (χ3n) is 2.66. The Morgan fingerprint density at radius 1 is 1.29 bits per heavy atom. The summed E-state index contributed by atoms with van der Waals surface area (Å²) in [5.41, 5.74) is -0.751. The van der Waals surface area contributed by atoms with E-state index < -0.39 is 16.8 Å². The summed E-state index contributed by atoms with van der Waals surface area (Å²) in [6, 6.07) is 6.08. The zero-order valence-corrected chi connectivity index (χ0v) is 10.8. The van der Waals surface area contributed by atoms with Gasteiger partial charge in [0.2, 0.25) is 0 Å². The van der Waals surface area contributed by atoms with Gasteiger partial charge < -0.3 is 14.8 Å². The molecule has 108 valence electrons. The van der Waals surface area contributed by atoms with Gasteiger partial charge >= 0.3 is 5.97 Å². The van der Waals surface area contributed by atoms with Crippen LogP contribution in [0, 0.1) is 17.0 Å². The van der Waals surface area contributed by atoms with Gasteiger partial charge in [0.25, 0.3) is 11.6 Å². The number of anilines is 1. The molecule has 2 N–H and O–H groups in total. The summed E-state index contributed by atoms with van der Waals surface area (Å²) in [6.45, 7) is 1.65. The molecule has 1 heterocycles. The van der Waals surface area contributed by atoms with E-state index in [1.807, 2.05) is 0 Å². The van der Waals surface area contributed by atoms with Gasteiger partial charge in [0.05, 0.1) is 16.2 Å². The highest BCUT2D eigenvalue weighted by atomic mass is 16.6. The van der Waals surface area contributed by atoms with E-state index in [2.05, 4.69) is 5.32 Å². The molecule has 0 aliphatic carbocycles. The molecule has 1 aromatic heterocycles. The number of carboxylic acids is 1. The molecule has 2 aromatic rings. The molecular formula is C13H10N2O6. The number of nitrogens with one attached hydrogen (secondary N) is 1. The van der Waals surface area contributed by atoms with Crippen LogP contribution in [0.3, 0.4) is 0 Å². The first-order valence-electron chi connectivity index (χ1n) is 5.78. The minimum absolute atomic E-state index is 0.0182. The number of nitrogens with zero attached hydrogens (tertiary/aromatic N) is 1. The molecule has 8 heteroatoms. The molecule has 1 aromatic carbocycles. The van der Waals surface area contributed by atoms with E-state index in [4.69, 9.17) is 9.52 Å². The van der Waals surface area contributed by atoms with E-state index >= 15 is 0 Å². The summed E-state index contributed by atoms with van der Waals surface area (Å²) in [7, 11) is 0. The number of rotatable bonds is 4. The van der Waals surface area contributed by atoms with E-state index in [0.717, 1.165) is 18.2 Å². The van der Waals surface area contributed by atoms with Crippen molar-refractivity contribution in [1.29, 1.82) is 0 Å². The number of carbonyl (C=O) groups excluding carboxylic acids is 1. The van der Waals surface area contributed by atoms with Gasteiger partial charge in [-0.1, -0.05) is 0 Å². The number of benzene rings is 1. The summed E-state index contributed by atoms with van der Waals surface area (Å²) >= 11 is 0. The largest absolute Gasteiger partial charge is 0.478 e.